The number of piperazine rings is 1. The molecule has 0 saturated carbocycles. The van der Waals surface area contributed by atoms with Crippen molar-refractivity contribution in [2.75, 3.05) is 31.5 Å². The zero-order chi connectivity index (χ0) is 17.8. The minimum atomic E-state index is -0.0419. The molecule has 0 bridgehead atoms. The van der Waals surface area contributed by atoms with Gasteiger partial charge in [0.15, 0.2) is 0 Å². The molecule has 132 valence electrons. The first-order chi connectivity index (χ1) is 12.0. The number of carbonyl (C=O) groups is 1. The lowest BCUT2D eigenvalue weighted by Gasteiger charge is -2.32. The summed E-state index contributed by atoms with van der Waals surface area (Å²) in [6.45, 7) is 8.52. The predicted molar refractivity (Wildman–Crippen MR) is 102 cm³/mol. The molecule has 0 spiro atoms. The van der Waals surface area contributed by atoms with E-state index in [4.69, 9.17) is 11.6 Å². The van der Waals surface area contributed by atoms with Gasteiger partial charge in [-0.2, -0.15) is 0 Å². The monoisotopic (exact) mass is 358 g/mol. The Labute approximate surface area is 154 Å². The lowest BCUT2D eigenvalue weighted by Crippen LogP contribution is -3.13. The number of carbonyl (C=O) groups excluding carboxylic acids is 1. The van der Waals surface area contributed by atoms with E-state index >= 15 is 0 Å². The molecule has 3 rings (SSSR count). The summed E-state index contributed by atoms with van der Waals surface area (Å²) in [4.78, 5) is 15.9. The maximum absolute atomic E-state index is 12.5. The number of aryl methyl sites for hydroxylation is 1. The number of benzene rings is 2. The number of amides is 2. The smallest absolute Gasteiger partial charge is 0.322 e. The van der Waals surface area contributed by atoms with Crippen LogP contribution >= 0.6 is 11.6 Å². The summed E-state index contributed by atoms with van der Waals surface area (Å²) in [5.41, 5.74) is 4.33. The van der Waals surface area contributed by atoms with Crippen molar-refractivity contribution in [3.63, 3.8) is 0 Å². The molecule has 0 aromatic heterocycles. The van der Waals surface area contributed by atoms with Crippen LogP contribution in [0.3, 0.4) is 0 Å². The standard InChI is InChI=1S/C20H24ClN3O/c1-15-6-8-17(9-7-15)14-23-10-12-24(13-11-23)20(25)22-19-5-3-4-18(21)16(19)2/h3-9H,10-14H2,1-2H3,(H,22,25)/p+1. The van der Waals surface area contributed by atoms with Gasteiger partial charge in [0.25, 0.3) is 0 Å². The Morgan fingerprint density at radius 1 is 1.12 bits per heavy atom. The van der Waals surface area contributed by atoms with Crippen LogP contribution in [-0.4, -0.2) is 37.1 Å². The Morgan fingerprint density at radius 3 is 2.48 bits per heavy atom. The van der Waals surface area contributed by atoms with E-state index < -0.39 is 0 Å². The normalized spacial score (nSPS) is 15.2. The predicted octanol–water partition coefficient (Wildman–Crippen LogP) is 2.89. The summed E-state index contributed by atoms with van der Waals surface area (Å²) in [7, 11) is 0. The molecule has 4 nitrogen and oxygen atoms in total. The zero-order valence-electron chi connectivity index (χ0n) is 14.8. The lowest BCUT2D eigenvalue weighted by atomic mass is 10.1. The van der Waals surface area contributed by atoms with Crippen LogP contribution in [0.15, 0.2) is 42.5 Å². The number of rotatable bonds is 3. The molecule has 2 aromatic rings. The average Bonchev–Trinajstić information content (AvgIpc) is 2.61. The third-order valence-corrected chi connectivity index (χ3v) is 5.25. The van der Waals surface area contributed by atoms with Gasteiger partial charge in [-0.3, -0.25) is 0 Å². The third kappa shape index (κ3) is 4.53. The summed E-state index contributed by atoms with van der Waals surface area (Å²) in [6, 6.07) is 14.2. The maximum Gasteiger partial charge on any atom is 0.322 e. The molecule has 2 aromatic carbocycles. The van der Waals surface area contributed by atoms with Crippen LogP contribution in [0.25, 0.3) is 0 Å². The molecule has 1 heterocycles. The van der Waals surface area contributed by atoms with Crippen LogP contribution < -0.4 is 10.2 Å². The first-order valence-corrected chi connectivity index (χ1v) is 9.11. The molecule has 5 heteroatoms. The Hall–Kier alpha value is -2.04. The number of halogens is 1. The Morgan fingerprint density at radius 2 is 1.80 bits per heavy atom. The number of anilines is 1. The molecule has 1 aliphatic rings. The van der Waals surface area contributed by atoms with Crippen molar-refractivity contribution in [1.29, 1.82) is 0 Å². The fourth-order valence-corrected chi connectivity index (χ4v) is 3.31. The molecule has 0 aliphatic carbocycles. The van der Waals surface area contributed by atoms with E-state index in [1.807, 2.05) is 30.0 Å². The second-order valence-electron chi connectivity index (χ2n) is 6.74. The Kier molecular flexibility index (Phi) is 5.61. The van der Waals surface area contributed by atoms with E-state index in [2.05, 4.69) is 36.5 Å². The number of hydrogen-bond acceptors (Lipinski definition) is 1. The van der Waals surface area contributed by atoms with Crippen molar-refractivity contribution >= 4 is 23.3 Å². The van der Waals surface area contributed by atoms with Gasteiger partial charge in [0, 0.05) is 16.3 Å². The molecule has 25 heavy (non-hydrogen) atoms. The molecule has 1 fully saturated rings. The van der Waals surface area contributed by atoms with Crippen molar-refractivity contribution in [3.8, 4) is 0 Å². The largest absolute Gasteiger partial charge is 0.328 e. The Bertz CT molecular complexity index is 737. The number of urea groups is 1. The van der Waals surface area contributed by atoms with Gasteiger partial charge >= 0.3 is 6.03 Å². The topological polar surface area (TPSA) is 36.8 Å². The van der Waals surface area contributed by atoms with Crippen molar-refractivity contribution in [1.82, 2.24) is 4.90 Å². The second kappa shape index (κ2) is 7.89. The van der Waals surface area contributed by atoms with E-state index in [9.17, 15) is 4.79 Å². The van der Waals surface area contributed by atoms with Gasteiger partial charge < -0.3 is 15.1 Å². The number of nitrogens with one attached hydrogen (secondary N) is 2. The lowest BCUT2D eigenvalue weighted by molar-refractivity contribution is -0.917. The van der Waals surface area contributed by atoms with Gasteiger partial charge in [-0.15, -0.1) is 0 Å². The van der Waals surface area contributed by atoms with E-state index in [-0.39, 0.29) is 6.03 Å². The molecule has 1 saturated heterocycles. The SMILES string of the molecule is Cc1ccc(C[NH+]2CCN(C(=O)Nc3cccc(Cl)c3C)CC2)cc1. The molecular weight excluding hydrogens is 334 g/mol. The summed E-state index contributed by atoms with van der Waals surface area (Å²) >= 11 is 6.12. The summed E-state index contributed by atoms with van der Waals surface area (Å²) in [6.07, 6.45) is 0. The molecule has 0 radical (unpaired) electrons. The van der Waals surface area contributed by atoms with Crippen LogP contribution in [0.2, 0.25) is 5.02 Å². The number of quaternary nitrogens is 1. The van der Waals surface area contributed by atoms with Gasteiger partial charge in [0.05, 0.1) is 26.2 Å². The van der Waals surface area contributed by atoms with Crippen molar-refractivity contribution < 1.29 is 9.69 Å². The second-order valence-corrected chi connectivity index (χ2v) is 7.15. The fraction of sp³-hybridized carbons (Fsp3) is 0.350. The molecule has 2 amide bonds. The van der Waals surface area contributed by atoms with Crippen molar-refractivity contribution in [3.05, 3.63) is 64.2 Å². The summed E-state index contributed by atoms with van der Waals surface area (Å²) in [5, 5.41) is 3.66. The highest BCUT2D eigenvalue weighted by atomic mass is 35.5. The molecule has 0 atom stereocenters. The van der Waals surface area contributed by atoms with Gasteiger partial charge in [-0.05, 0) is 31.5 Å². The highest BCUT2D eigenvalue weighted by Gasteiger charge is 2.24. The van der Waals surface area contributed by atoms with Crippen LogP contribution in [0.5, 0.6) is 0 Å². The molecule has 1 aliphatic heterocycles. The van der Waals surface area contributed by atoms with Gasteiger partial charge in [0.1, 0.15) is 6.54 Å². The summed E-state index contributed by atoms with van der Waals surface area (Å²) < 4.78 is 0. The number of hydrogen-bond donors (Lipinski definition) is 2. The van der Waals surface area contributed by atoms with Crippen molar-refractivity contribution in [2.24, 2.45) is 0 Å². The quantitative estimate of drug-likeness (QED) is 0.869. The molecule has 0 unspecified atom stereocenters. The minimum Gasteiger partial charge on any atom is -0.328 e. The van der Waals surface area contributed by atoms with E-state index in [0.29, 0.717) is 5.02 Å². The first-order valence-electron chi connectivity index (χ1n) is 8.73. The van der Waals surface area contributed by atoms with E-state index in [1.54, 1.807) is 0 Å². The number of nitrogens with zero attached hydrogens (tertiary/aromatic N) is 1. The molecular formula is C20H25ClN3O+. The molecule has 2 N–H and O–H groups in total. The maximum atomic E-state index is 12.5. The fourth-order valence-electron chi connectivity index (χ4n) is 3.13. The Balaban J connectivity index is 1.52. The van der Waals surface area contributed by atoms with E-state index in [0.717, 1.165) is 44.0 Å². The zero-order valence-corrected chi connectivity index (χ0v) is 15.6. The third-order valence-electron chi connectivity index (χ3n) is 4.84. The van der Waals surface area contributed by atoms with Crippen LogP contribution in [0.4, 0.5) is 10.5 Å². The van der Waals surface area contributed by atoms with Gasteiger partial charge in [-0.25, -0.2) is 4.79 Å². The minimum absolute atomic E-state index is 0.0419. The summed E-state index contributed by atoms with van der Waals surface area (Å²) in [5.74, 6) is 0. The van der Waals surface area contributed by atoms with E-state index in [1.165, 1.54) is 16.0 Å². The van der Waals surface area contributed by atoms with Crippen LogP contribution in [0, 0.1) is 13.8 Å². The van der Waals surface area contributed by atoms with Gasteiger partial charge in [0.2, 0.25) is 0 Å². The van der Waals surface area contributed by atoms with Gasteiger partial charge in [-0.1, -0.05) is 47.5 Å². The first kappa shape index (κ1) is 17.8. The average molecular weight is 359 g/mol. The highest BCUT2D eigenvalue weighted by molar-refractivity contribution is 6.31. The highest BCUT2D eigenvalue weighted by Crippen LogP contribution is 2.23. The van der Waals surface area contributed by atoms with Crippen LogP contribution in [-0.2, 0) is 6.54 Å². The van der Waals surface area contributed by atoms with Crippen LogP contribution in [0.1, 0.15) is 16.7 Å². The van der Waals surface area contributed by atoms with Crippen molar-refractivity contribution in [2.45, 2.75) is 20.4 Å².